The molecule has 0 bridgehead atoms. The quantitative estimate of drug-likeness (QED) is 0.601. The molecule has 0 atom stereocenters. The predicted molar refractivity (Wildman–Crippen MR) is 112 cm³/mol. The Labute approximate surface area is 173 Å². The van der Waals surface area contributed by atoms with Gasteiger partial charge in [0.1, 0.15) is 18.2 Å². The summed E-state index contributed by atoms with van der Waals surface area (Å²) in [5, 5.41) is 2.10. The van der Waals surface area contributed by atoms with E-state index >= 15 is 0 Å². The number of nitrogens with zero attached hydrogens (tertiary/aromatic N) is 2. The first-order valence-corrected chi connectivity index (χ1v) is 10.5. The number of benzene rings is 1. The largest absolute Gasteiger partial charge is 0.477 e. The van der Waals surface area contributed by atoms with Gasteiger partial charge < -0.3 is 9.47 Å². The van der Waals surface area contributed by atoms with Crippen LogP contribution in [0.4, 0.5) is 0 Å². The zero-order valence-electron chi connectivity index (χ0n) is 16.1. The second-order valence-electron chi connectivity index (χ2n) is 7.22. The number of pyridine rings is 1. The summed E-state index contributed by atoms with van der Waals surface area (Å²) in [6, 6.07) is 11.7. The Morgan fingerprint density at radius 2 is 2.17 bits per heavy atom. The average molecular weight is 404 g/mol. The minimum absolute atomic E-state index is 0.104. The molecule has 0 fully saturated rings. The Morgan fingerprint density at radius 1 is 1.24 bits per heavy atom. The molecule has 0 spiro atoms. The molecule has 3 aromatic rings. The van der Waals surface area contributed by atoms with Crippen LogP contribution in [-0.2, 0) is 13.0 Å². The number of ketones is 1. The van der Waals surface area contributed by atoms with E-state index < -0.39 is 0 Å². The van der Waals surface area contributed by atoms with Crippen molar-refractivity contribution in [2.24, 2.45) is 0 Å². The van der Waals surface area contributed by atoms with Crippen molar-refractivity contribution in [3.63, 3.8) is 0 Å². The Kier molecular flexibility index (Phi) is 4.66. The van der Waals surface area contributed by atoms with Crippen LogP contribution in [0.2, 0.25) is 0 Å². The van der Waals surface area contributed by atoms with E-state index in [4.69, 9.17) is 9.47 Å². The van der Waals surface area contributed by atoms with E-state index in [1.54, 1.807) is 23.6 Å². The standard InChI is InChI=1S/C23H20N2O3S/c1-15-22-16(13-25(14-27-22)9-7-18-6-4-10-29-18)11-19-21(26)20(28-23(15)19)12-17-5-2-3-8-24-17/h2-6,8,10-12H,7,9,13-14H2,1H3/b20-12-. The van der Waals surface area contributed by atoms with E-state index in [2.05, 4.69) is 27.4 Å². The summed E-state index contributed by atoms with van der Waals surface area (Å²) in [6.45, 7) is 4.19. The fourth-order valence-electron chi connectivity index (χ4n) is 3.76. The maximum Gasteiger partial charge on any atom is 0.232 e. The summed E-state index contributed by atoms with van der Waals surface area (Å²) in [5.74, 6) is 1.64. The van der Waals surface area contributed by atoms with Gasteiger partial charge >= 0.3 is 0 Å². The Bertz CT molecular complexity index is 1090. The van der Waals surface area contributed by atoms with Crippen LogP contribution in [-0.4, -0.2) is 28.9 Å². The number of ether oxygens (including phenoxy) is 2. The molecule has 5 nitrogen and oxygen atoms in total. The third-order valence-electron chi connectivity index (χ3n) is 5.22. The number of carbonyl (C=O) groups excluding carboxylic acids is 1. The Hall–Kier alpha value is -2.96. The molecule has 0 saturated carbocycles. The number of carbonyl (C=O) groups is 1. The molecule has 2 aliphatic heterocycles. The van der Waals surface area contributed by atoms with Gasteiger partial charge in [-0.05, 0) is 43.0 Å². The van der Waals surface area contributed by atoms with E-state index in [9.17, 15) is 4.79 Å². The predicted octanol–water partition coefficient (Wildman–Crippen LogP) is 4.46. The van der Waals surface area contributed by atoms with Crippen molar-refractivity contribution in [2.45, 2.75) is 19.9 Å². The minimum Gasteiger partial charge on any atom is -0.477 e. The smallest absolute Gasteiger partial charge is 0.232 e. The van der Waals surface area contributed by atoms with E-state index in [0.29, 0.717) is 29.5 Å². The van der Waals surface area contributed by atoms with Gasteiger partial charge in [0.2, 0.25) is 5.78 Å². The lowest BCUT2D eigenvalue weighted by molar-refractivity contribution is 0.0956. The molecule has 146 valence electrons. The van der Waals surface area contributed by atoms with Gasteiger partial charge in [0, 0.05) is 41.4 Å². The lowest BCUT2D eigenvalue weighted by Gasteiger charge is -2.30. The first-order valence-electron chi connectivity index (χ1n) is 9.58. The molecule has 29 heavy (non-hydrogen) atoms. The molecule has 5 rings (SSSR count). The van der Waals surface area contributed by atoms with Crippen LogP contribution in [0.5, 0.6) is 11.5 Å². The molecule has 2 aromatic heterocycles. The molecule has 0 amide bonds. The van der Waals surface area contributed by atoms with Crippen molar-refractivity contribution < 1.29 is 14.3 Å². The van der Waals surface area contributed by atoms with Crippen LogP contribution in [0, 0.1) is 6.92 Å². The number of Topliss-reactive ketones (excluding diaryl/α,β-unsaturated/α-hetero) is 1. The van der Waals surface area contributed by atoms with Crippen LogP contribution in [0.15, 0.2) is 53.7 Å². The molecule has 0 saturated heterocycles. The number of allylic oxidation sites excluding steroid dienone is 1. The van der Waals surface area contributed by atoms with Crippen LogP contribution < -0.4 is 9.47 Å². The van der Waals surface area contributed by atoms with Gasteiger partial charge in [-0.15, -0.1) is 11.3 Å². The summed E-state index contributed by atoms with van der Waals surface area (Å²) in [4.78, 5) is 20.8. The maximum absolute atomic E-state index is 12.9. The van der Waals surface area contributed by atoms with E-state index in [-0.39, 0.29) is 5.78 Å². The molecule has 0 aliphatic carbocycles. The highest BCUT2D eigenvalue weighted by atomic mass is 32.1. The summed E-state index contributed by atoms with van der Waals surface area (Å²) >= 11 is 1.78. The highest BCUT2D eigenvalue weighted by Crippen LogP contribution is 2.43. The molecule has 0 N–H and O–H groups in total. The van der Waals surface area contributed by atoms with Gasteiger partial charge in [-0.3, -0.25) is 14.7 Å². The topological polar surface area (TPSA) is 51.7 Å². The van der Waals surface area contributed by atoms with E-state index in [1.165, 1.54) is 4.88 Å². The van der Waals surface area contributed by atoms with Gasteiger partial charge in [0.25, 0.3) is 0 Å². The molecule has 0 radical (unpaired) electrons. The van der Waals surface area contributed by atoms with Gasteiger partial charge in [0.05, 0.1) is 11.3 Å². The van der Waals surface area contributed by atoms with Gasteiger partial charge in [-0.1, -0.05) is 12.1 Å². The van der Waals surface area contributed by atoms with Crippen molar-refractivity contribution in [1.29, 1.82) is 0 Å². The van der Waals surface area contributed by atoms with Crippen molar-refractivity contribution in [1.82, 2.24) is 9.88 Å². The molecule has 2 aliphatic rings. The second kappa shape index (κ2) is 7.46. The van der Waals surface area contributed by atoms with Crippen molar-refractivity contribution in [2.75, 3.05) is 13.3 Å². The molecule has 6 heteroatoms. The first kappa shape index (κ1) is 18.1. The molecular formula is C23H20N2O3S. The number of aromatic nitrogens is 1. The summed E-state index contributed by atoms with van der Waals surface area (Å²) in [7, 11) is 0. The lowest BCUT2D eigenvalue weighted by Crippen LogP contribution is -2.34. The maximum atomic E-state index is 12.9. The summed E-state index contributed by atoms with van der Waals surface area (Å²) in [5.41, 5.74) is 3.22. The SMILES string of the molecule is Cc1c2c(cc3c1O/C(=C\c1ccccn1)C3=O)CN(CCc1cccs1)CO2. The molecular weight excluding hydrogens is 384 g/mol. The van der Waals surface area contributed by atoms with Gasteiger partial charge in [-0.2, -0.15) is 0 Å². The second-order valence-corrected chi connectivity index (χ2v) is 8.25. The summed E-state index contributed by atoms with van der Waals surface area (Å²) < 4.78 is 12.0. The van der Waals surface area contributed by atoms with E-state index in [1.807, 2.05) is 31.2 Å². The van der Waals surface area contributed by atoms with Crippen molar-refractivity contribution in [3.05, 3.63) is 81.0 Å². The van der Waals surface area contributed by atoms with Crippen molar-refractivity contribution in [3.8, 4) is 11.5 Å². The highest BCUT2D eigenvalue weighted by molar-refractivity contribution is 7.09. The minimum atomic E-state index is -0.104. The highest BCUT2D eigenvalue weighted by Gasteiger charge is 2.33. The number of rotatable bonds is 4. The van der Waals surface area contributed by atoms with Gasteiger partial charge in [0.15, 0.2) is 5.76 Å². The third kappa shape index (κ3) is 3.45. The van der Waals surface area contributed by atoms with Crippen LogP contribution in [0.25, 0.3) is 6.08 Å². The van der Waals surface area contributed by atoms with Crippen molar-refractivity contribution >= 4 is 23.2 Å². The first-order chi connectivity index (χ1) is 14.2. The zero-order valence-corrected chi connectivity index (χ0v) is 16.9. The number of fused-ring (bicyclic) bond motifs is 2. The average Bonchev–Trinajstić information content (AvgIpc) is 3.37. The van der Waals surface area contributed by atoms with Crippen LogP contribution in [0.1, 0.15) is 32.1 Å². The third-order valence-corrected chi connectivity index (χ3v) is 6.16. The number of hydrogen-bond donors (Lipinski definition) is 0. The molecule has 0 unspecified atom stereocenters. The molecule has 1 aromatic carbocycles. The molecule has 4 heterocycles. The zero-order chi connectivity index (χ0) is 19.8. The normalized spacial score (nSPS) is 17.0. The monoisotopic (exact) mass is 404 g/mol. The fourth-order valence-corrected chi connectivity index (χ4v) is 4.46. The Morgan fingerprint density at radius 3 is 2.97 bits per heavy atom. The van der Waals surface area contributed by atoms with Crippen LogP contribution in [0.3, 0.4) is 0 Å². The van der Waals surface area contributed by atoms with Crippen LogP contribution >= 0.6 is 11.3 Å². The fraction of sp³-hybridized carbons (Fsp3) is 0.217. The van der Waals surface area contributed by atoms with E-state index in [0.717, 1.165) is 36.4 Å². The number of hydrogen-bond acceptors (Lipinski definition) is 6. The Balaban J connectivity index is 1.39. The number of thiophene rings is 1. The summed E-state index contributed by atoms with van der Waals surface area (Å²) in [6.07, 6.45) is 4.38. The van der Waals surface area contributed by atoms with Gasteiger partial charge in [-0.25, -0.2) is 0 Å². The lowest BCUT2D eigenvalue weighted by atomic mass is 10.00.